The minimum Gasteiger partial charge on any atom is -0.500 e. The van der Waals surface area contributed by atoms with Crippen molar-refractivity contribution in [2.75, 3.05) is 13.7 Å². The van der Waals surface area contributed by atoms with Gasteiger partial charge in [0, 0.05) is 6.42 Å². The number of carbonyl (C=O) groups is 2. The largest absolute Gasteiger partial charge is 0.500 e. The molecule has 0 aliphatic carbocycles. The summed E-state index contributed by atoms with van der Waals surface area (Å²) in [5, 5.41) is 0.0602. The van der Waals surface area contributed by atoms with Crippen molar-refractivity contribution in [1.82, 2.24) is 0 Å². The normalized spacial score (nSPS) is 20.7. The monoisotopic (exact) mass is 300 g/mol. The summed E-state index contributed by atoms with van der Waals surface area (Å²) >= 11 is 0. The number of hydrogen-bond acceptors (Lipinski definition) is 5. The van der Waals surface area contributed by atoms with E-state index in [0.29, 0.717) is 17.6 Å². The van der Waals surface area contributed by atoms with E-state index >= 15 is 0 Å². The Kier molecular flexibility index (Phi) is 5.15. The number of ether oxygens (including phenoxy) is 2. The molecule has 20 heavy (non-hydrogen) atoms. The molecule has 0 aromatic rings. The van der Waals surface area contributed by atoms with Crippen LogP contribution in [0.2, 0.25) is 18.1 Å². The lowest BCUT2D eigenvalue weighted by molar-refractivity contribution is -0.150. The van der Waals surface area contributed by atoms with Crippen molar-refractivity contribution in [2.24, 2.45) is 0 Å². The van der Waals surface area contributed by atoms with Crippen molar-refractivity contribution in [2.45, 2.75) is 51.4 Å². The van der Waals surface area contributed by atoms with Crippen LogP contribution in [0.3, 0.4) is 0 Å². The van der Waals surface area contributed by atoms with Crippen LogP contribution in [0.4, 0.5) is 0 Å². The number of cyclic esters (lactones) is 1. The smallest absolute Gasteiger partial charge is 0.340 e. The Morgan fingerprint density at radius 1 is 1.40 bits per heavy atom. The minimum atomic E-state index is -1.95. The fraction of sp³-hybridized carbons (Fsp3) is 0.714. The lowest BCUT2D eigenvalue weighted by atomic mass is 10.1. The van der Waals surface area contributed by atoms with Crippen LogP contribution in [0.25, 0.3) is 0 Å². The predicted octanol–water partition coefficient (Wildman–Crippen LogP) is 2.42. The summed E-state index contributed by atoms with van der Waals surface area (Å²) in [6.45, 7) is 10.8. The molecule has 0 unspecified atom stereocenters. The van der Waals surface area contributed by atoms with E-state index in [2.05, 4.69) is 33.9 Å². The van der Waals surface area contributed by atoms with E-state index < -0.39 is 20.4 Å². The molecule has 6 heteroatoms. The van der Waals surface area contributed by atoms with E-state index in [4.69, 9.17) is 13.9 Å². The third kappa shape index (κ3) is 3.70. The van der Waals surface area contributed by atoms with Crippen LogP contribution in [-0.2, 0) is 23.5 Å². The Bertz CT molecular complexity index is 420. The molecule has 1 heterocycles. The molecule has 0 radical (unpaired) electrons. The molecule has 114 valence electrons. The number of hydrogen-bond donors (Lipinski definition) is 0. The molecule has 1 rings (SSSR count). The van der Waals surface area contributed by atoms with E-state index in [-0.39, 0.29) is 18.1 Å². The average molecular weight is 300 g/mol. The van der Waals surface area contributed by atoms with Crippen LogP contribution < -0.4 is 0 Å². The quantitative estimate of drug-likeness (QED) is 0.443. The lowest BCUT2D eigenvalue weighted by Crippen LogP contribution is -2.42. The molecule has 0 amide bonds. The summed E-state index contributed by atoms with van der Waals surface area (Å²) < 4.78 is 16.3. The zero-order chi connectivity index (χ0) is 15.6. The van der Waals surface area contributed by atoms with Gasteiger partial charge in [0.15, 0.2) is 20.7 Å². The summed E-state index contributed by atoms with van der Waals surface area (Å²) in [6, 6.07) is 0. The maximum atomic E-state index is 11.9. The summed E-state index contributed by atoms with van der Waals surface area (Å²) in [4.78, 5) is 22.7. The van der Waals surface area contributed by atoms with Crippen molar-refractivity contribution >= 4 is 20.6 Å². The molecule has 1 aliphatic heterocycles. The number of esters is 1. The standard InChI is InChI=1S/C14H24O5Si/c1-14(2,3)20(5,6)18-9-11-12(17-4)7-10(8-15)19-13(11)16/h8,10H,7,9H2,1-6H3/t10-/m1/s1. The van der Waals surface area contributed by atoms with Gasteiger partial charge < -0.3 is 13.9 Å². The van der Waals surface area contributed by atoms with Gasteiger partial charge in [0.25, 0.3) is 0 Å². The van der Waals surface area contributed by atoms with Gasteiger partial charge in [0.2, 0.25) is 0 Å². The second kappa shape index (κ2) is 6.09. The van der Waals surface area contributed by atoms with E-state index in [1.165, 1.54) is 7.11 Å². The van der Waals surface area contributed by atoms with E-state index in [9.17, 15) is 9.59 Å². The third-order valence-electron chi connectivity index (χ3n) is 4.01. The van der Waals surface area contributed by atoms with Gasteiger partial charge in [-0.3, -0.25) is 4.79 Å². The first-order chi connectivity index (χ1) is 9.12. The van der Waals surface area contributed by atoms with Crippen LogP contribution >= 0.6 is 0 Å². The number of carbonyl (C=O) groups excluding carboxylic acids is 2. The van der Waals surface area contributed by atoms with Gasteiger partial charge in [0.05, 0.1) is 19.3 Å². The lowest BCUT2D eigenvalue weighted by Gasteiger charge is -2.36. The molecule has 1 atom stereocenters. The van der Waals surface area contributed by atoms with Gasteiger partial charge in [-0.2, -0.15) is 0 Å². The highest BCUT2D eigenvalue weighted by Crippen LogP contribution is 2.37. The Labute approximate surface area is 121 Å². The zero-order valence-corrected chi connectivity index (χ0v) is 14.1. The summed E-state index contributed by atoms with van der Waals surface area (Å²) in [7, 11) is -0.465. The topological polar surface area (TPSA) is 61.8 Å². The maximum absolute atomic E-state index is 11.9. The van der Waals surface area contributed by atoms with Crippen LogP contribution in [0.5, 0.6) is 0 Å². The van der Waals surface area contributed by atoms with Crippen molar-refractivity contribution < 1.29 is 23.5 Å². The summed E-state index contributed by atoms with van der Waals surface area (Å²) in [5.74, 6) is -0.0408. The van der Waals surface area contributed by atoms with Crippen molar-refractivity contribution in [3.05, 3.63) is 11.3 Å². The predicted molar refractivity (Wildman–Crippen MR) is 77.7 cm³/mol. The highest BCUT2D eigenvalue weighted by molar-refractivity contribution is 6.74. The van der Waals surface area contributed by atoms with Crippen LogP contribution in [0.1, 0.15) is 27.2 Å². The van der Waals surface area contributed by atoms with Crippen molar-refractivity contribution in [1.29, 1.82) is 0 Å². The second-order valence-electron chi connectivity index (χ2n) is 6.44. The molecule has 0 aromatic heterocycles. The van der Waals surface area contributed by atoms with E-state index in [1.807, 2.05) is 0 Å². The second-order valence-corrected chi connectivity index (χ2v) is 11.2. The van der Waals surface area contributed by atoms with Crippen molar-refractivity contribution in [3.8, 4) is 0 Å². The first-order valence-corrected chi connectivity index (χ1v) is 9.59. The first kappa shape index (κ1) is 16.9. The van der Waals surface area contributed by atoms with Crippen LogP contribution in [-0.4, -0.2) is 40.4 Å². The highest BCUT2D eigenvalue weighted by Gasteiger charge is 2.39. The molecular weight excluding hydrogens is 276 g/mol. The molecular formula is C14H24O5Si. The fourth-order valence-corrected chi connectivity index (χ4v) is 2.50. The fourth-order valence-electron chi connectivity index (χ4n) is 1.56. The molecule has 0 bridgehead atoms. The number of methoxy groups -OCH3 is 1. The average Bonchev–Trinajstić information content (AvgIpc) is 2.34. The van der Waals surface area contributed by atoms with Gasteiger partial charge in [-0.05, 0) is 18.1 Å². The van der Waals surface area contributed by atoms with Gasteiger partial charge in [0.1, 0.15) is 5.76 Å². The first-order valence-electron chi connectivity index (χ1n) is 6.68. The Morgan fingerprint density at radius 2 is 2.00 bits per heavy atom. The third-order valence-corrected chi connectivity index (χ3v) is 8.49. The molecule has 0 spiro atoms. The maximum Gasteiger partial charge on any atom is 0.340 e. The molecule has 0 saturated heterocycles. The summed E-state index contributed by atoms with van der Waals surface area (Å²) in [6.07, 6.45) is 0.138. The molecule has 0 aromatic carbocycles. The highest BCUT2D eigenvalue weighted by atomic mass is 28.4. The molecule has 0 saturated carbocycles. The Hall–Kier alpha value is -1.14. The molecule has 1 aliphatic rings. The minimum absolute atomic E-state index is 0.0602. The zero-order valence-electron chi connectivity index (χ0n) is 13.1. The molecule has 5 nitrogen and oxygen atoms in total. The van der Waals surface area contributed by atoms with E-state index in [1.54, 1.807) is 0 Å². The van der Waals surface area contributed by atoms with Crippen LogP contribution in [0.15, 0.2) is 11.3 Å². The SMILES string of the molecule is COC1=C(CO[Si](C)(C)C(C)(C)C)C(=O)O[C@@H](C=O)C1. The Morgan fingerprint density at radius 3 is 2.45 bits per heavy atom. The van der Waals surface area contributed by atoms with Gasteiger partial charge >= 0.3 is 5.97 Å². The van der Waals surface area contributed by atoms with Gasteiger partial charge in [-0.1, -0.05) is 20.8 Å². The van der Waals surface area contributed by atoms with Gasteiger partial charge in [-0.25, -0.2) is 4.79 Å². The number of rotatable bonds is 5. The molecule has 0 fully saturated rings. The van der Waals surface area contributed by atoms with Gasteiger partial charge in [-0.15, -0.1) is 0 Å². The number of aldehydes is 1. The summed E-state index contributed by atoms with van der Waals surface area (Å²) in [5.41, 5.74) is 0.385. The van der Waals surface area contributed by atoms with Crippen LogP contribution in [0, 0.1) is 0 Å². The molecule has 0 N–H and O–H groups in total. The Balaban J connectivity index is 2.87. The van der Waals surface area contributed by atoms with E-state index in [0.717, 1.165) is 0 Å². The van der Waals surface area contributed by atoms with Crippen molar-refractivity contribution in [3.63, 3.8) is 0 Å².